The molecule has 0 aliphatic carbocycles. The summed E-state index contributed by atoms with van der Waals surface area (Å²) in [4.78, 5) is 17.8. The van der Waals surface area contributed by atoms with E-state index in [0.717, 1.165) is 9.87 Å². The third-order valence-electron chi connectivity index (χ3n) is 4.20. The highest BCUT2D eigenvalue weighted by Crippen LogP contribution is 2.31. The van der Waals surface area contributed by atoms with Crippen LogP contribution in [0.3, 0.4) is 0 Å². The topological polar surface area (TPSA) is 76.0 Å². The average molecular weight is 377 g/mol. The molecule has 0 saturated carbocycles. The number of rotatable bonds is 3. The van der Waals surface area contributed by atoms with Crippen LogP contribution in [-0.2, 0) is 14.9 Å². The summed E-state index contributed by atoms with van der Waals surface area (Å²) in [5.41, 5.74) is 1.57. The van der Waals surface area contributed by atoms with E-state index in [1.165, 1.54) is 12.1 Å². The van der Waals surface area contributed by atoms with E-state index in [4.69, 9.17) is 16.4 Å². The highest BCUT2D eigenvalue weighted by atomic mass is 35.5. The minimum absolute atomic E-state index is 0.0326. The van der Waals surface area contributed by atoms with E-state index in [9.17, 15) is 13.2 Å². The normalized spacial score (nSPS) is 21.0. The molecule has 6 nitrogen and oxygen atoms in total. The van der Waals surface area contributed by atoms with Gasteiger partial charge >= 0.3 is 0 Å². The average Bonchev–Trinajstić information content (AvgIpc) is 3.14. The van der Waals surface area contributed by atoms with Gasteiger partial charge in [0.1, 0.15) is 4.90 Å². The van der Waals surface area contributed by atoms with E-state index in [1.54, 1.807) is 18.2 Å². The van der Waals surface area contributed by atoms with Crippen molar-refractivity contribution < 1.29 is 18.0 Å². The van der Waals surface area contributed by atoms with Crippen molar-refractivity contribution >= 4 is 33.2 Å². The zero-order valence-electron chi connectivity index (χ0n) is 12.9. The summed E-state index contributed by atoms with van der Waals surface area (Å²) in [6, 6.07) is 13.4. The minimum Gasteiger partial charge on any atom is -0.390 e. The summed E-state index contributed by atoms with van der Waals surface area (Å²) in [5.74, 6) is -0.537. The van der Waals surface area contributed by atoms with Crippen molar-refractivity contribution in [3.8, 4) is 0 Å². The Hall–Kier alpha value is -2.38. The largest absolute Gasteiger partial charge is 0.390 e. The van der Waals surface area contributed by atoms with Crippen LogP contribution in [0.25, 0.3) is 0 Å². The van der Waals surface area contributed by atoms with Gasteiger partial charge in [0.15, 0.2) is 6.10 Å². The Balaban J connectivity index is 1.54. The van der Waals surface area contributed by atoms with Gasteiger partial charge in [-0.15, -0.1) is 0 Å². The quantitative estimate of drug-likeness (QED) is 0.825. The lowest BCUT2D eigenvalue weighted by molar-refractivity contribution is 0.0599. The van der Waals surface area contributed by atoms with E-state index < -0.39 is 22.0 Å². The number of halogens is 1. The number of nitrogens with zero attached hydrogens (tertiary/aromatic N) is 2. The van der Waals surface area contributed by atoms with Crippen LogP contribution in [0.4, 0.5) is 0 Å². The Morgan fingerprint density at radius 3 is 2.52 bits per heavy atom. The van der Waals surface area contributed by atoms with Gasteiger partial charge in [-0.05, 0) is 18.2 Å². The maximum absolute atomic E-state index is 12.6. The first-order valence-corrected chi connectivity index (χ1v) is 9.44. The van der Waals surface area contributed by atoms with Crippen LogP contribution in [-0.4, -0.2) is 37.0 Å². The van der Waals surface area contributed by atoms with Crippen LogP contribution in [0.15, 0.2) is 58.6 Å². The van der Waals surface area contributed by atoms with Crippen molar-refractivity contribution in [2.24, 2.45) is 5.16 Å². The number of amides is 1. The first kappa shape index (κ1) is 16.1. The molecule has 0 N–H and O–H groups in total. The maximum Gasteiger partial charge on any atom is 0.269 e. The van der Waals surface area contributed by atoms with Gasteiger partial charge in [-0.2, -0.15) is 0 Å². The second-order valence-corrected chi connectivity index (χ2v) is 8.02. The number of sulfonamides is 1. The lowest BCUT2D eigenvalue weighted by atomic mass is 10.0. The van der Waals surface area contributed by atoms with E-state index >= 15 is 0 Å². The molecule has 2 aliphatic rings. The fraction of sp³-hybridized carbons (Fsp3) is 0.176. The summed E-state index contributed by atoms with van der Waals surface area (Å²) in [5, 5.41) is 4.56. The smallest absolute Gasteiger partial charge is 0.269 e. The standard InChI is InChI=1S/C17H13ClN2O4S/c18-14-7-3-1-5-12(14)15-9-11(24-19-15)10-20-17(21)13-6-2-4-8-16(13)25(20,22)23/h1-8,11H,9-10H2/t11-/m1/s1. The number of oxime groups is 1. The predicted molar refractivity (Wildman–Crippen MR) is 92.1 cm³/mol. The molecule has 128 valence electrons. The van der Waals surface area contributed by atoms with Crippen LogP contribution in [0.5, 0.6) is 0 Å². The number of hydrogen-bond donors (Lipinski definition) is 0. The zero-order valence-corrected chi connectivity index (χ0v) is 14.5. The van der Waals surface area contributed by atoms with Gasteiger partial charge in [0, 0.05) is 17.0 Å². The number of carbonyl (C=O) groups is 1. The molecule has 4 rings (SSSR count). The Labute approximate surface area is 149 Å². The van der Waals surface area contributed by atoms with Crippen molar-refractivity contribution in [1.29, 1.82) is 0 Å². The lowest BCUT2D eigenvalue weighted by Crippen LogP contribution is -2.37. The van der Waals surface area contributed by atoms with Gasteiger partial charge in [0.05, 0.1) is 17.8 Å². The maximum atomic E-state index is 12.6. The second-order valence-electron chi connectivity index (χ2n) is 5.79. The summed E-state index contributed by atoms with van der Waals surface area (Å²) in [7, 11) is -3.85. The first-order valence-electron chi connectivity index (χ1n) is 7.62. The van der Waals surface area contributed by atoms with Crippen LogP contribution < -0.4 is 0 Å². The van der Waals surface area contributed by atoms with Crippen molar-refractivity contribution in [1.82, 2.24) is 4.31 Å². The highest BCUT2D eigenvalue weighted by molar-refractivity contribution is 7.90. The molecular weight excluding hydrogens is 364 g/mol. The van der Waals surface area contributed by atoms with E-state index in [1.807, 2.05) is 18.2 Å². The predicted octanol–water partition coefficient (Wildman–Crippen LogP) is 2.68. The van der Waals surface area contributed by atoms with Gasteiger partial charge in [0.25, 0.3) is 15.9 Å². The van der Waals surface area contributed by atoms with Crippen LogP contribution in [0, 0.1) is 0 Å². The molecule has 0 spiro atoms. The molecule has 2 heterocycles. The molecule has 0 unspecified atom stereocenters. The molecule has 0 radical (unpaired) electrons. The molecule has 25 heavy (non-hydrogen) atoms. The third kappa shape index (κ3) is 2.60. The summed E-state index contributed by atoms with van der Waals surface area (Å²) >= 11 is 6.15. The van der Waals surface area contributed by atoms with Gasteiger partial charge in [0.2, 0.25) is 0 Å². The molecule has 2 aliphatic heterocycles. The SMILES string of the molecule is O=C1c2ccccc2S(=O)(=O)N1C[C@H]1CC(c2ccccc2Cl)=NO1. The Morgan fingerprint density at radius 1 is 1.12 bits per heavy atom. The first-order chi connectivity index (χ1) is 12.0. The molecule has 0 saturated heterocycles. The van der Waals surface area contributed by atoms with Gasteiger partial charge in [-0.1, -0.05) is 47.1 Å². The monoisotopic (exact) mass is 376 g/mol. The number of benzene rings is 2. The van der Waals surface area contributed by atoms with Gasteiger partial charge in [-0.25, -0.2) is 12.7 Å². The fourth-order valence-corrected chi connectivity index (χ4v) is 4.82. The number of carbonyl (C=O) groups excluding carboxylic acids is 1. The molecule has 8 heteroatoms. The van der Waals surface area contributed by atoms with Crippen LogP contribution in [0.2, 0.25) is 5.02 Å². The number of hydrogen-bond acceptors (Lipinski definition) is 5. The third-order valence-corrected chi connectivity index (χ3v) is 6.34. The summed E-state index contributed by atoms with van der Waals surface area (Å²) in [6.07, 6.45) is -0.168. The molecule has 2 aromatic rings. The highest BCUT2D eigenvalue weighted by Gasteiger charge is 2.43. The van der Waals surface area contributed by atoms with Gasteiger partial charge in [-0.3, -0.25) is 4.79 Å². The molecular formula is C17H13ClN2O4S. The van der Waals surface area contributed by atoms with Crippen molar-refractivity contribution in [2.45, 2.75) is 17.4 Å². The van der Waals surface area contributed by atoms with Crippen molar-refractivity contribution in [3.05, 3.63) is 64.7 Å². The van der Waals surface area contributed by atoms with Gasteiger partial charge < -0.3 is 4.84 Å². The Morgan fingerprint density at radius 2 is 1.80 bits per heavy atom. The molecule has 0 bridgehead atoms. The molecule has 2 aromatic carbocycles. The Bertz CT molecular complexity index is 1000. The Kier molecular flexibility index (Phi) is 3.77. The molecule has 1 atom stereocenters. The summed E-state index contributed by atoms with van der Waals surface area (Å²) in [6.45, 7) is -0.0900. The fourth-order valence-electron chi connectivity index (χ4n) is 2.98. The molecule has 0 fully saturated rings. The zero-order chi connectivity index (χ0) is 17.6. The molecule has 1 amide bonds. The van der Waals surface area contributed by atoms with Crippen molar-refractivity contribution in [2.75, 3.05) is 6.54 Å². The lowest BCUT2D eigenvalue weighted by Gasteiger charge is -2.18. The van der Waals surface area contributed by atoms with Crippen molar-refractivity contribution in [3.63, 3.8) is 0 Å². The molecule has 0 aromatic heterocycles. The van der Waals surface area contributed by atoms with Crippen LogP contribution in [0.1, 0.15) is 22.3 Å². The minimum atomic E-state index is -3.85. The summed E-state index contributed by atoms with van der Waals surface area (Å²) < 4.78 is 26.0. The van der Waals surface area contributed by atoms with E-state index in [2.05, 4.69) is 5.16 Å². The second kappa shape index (κ2) is 5.86. The van der Waals surface area contributed by atoms with E-state index in [0.29, 0.717) is 17.2 Å². The number of fused-ring (bicyclic) bond motifs is 1. The van der Waals surface area contributed by atoms with Crippen LogP contribution >= 0.6 is 11.6 Å². The van der Waals surface area contributed by atoms with E-state index in [-0.39, 0.29) is 17.0 Å².